The predicted octanol–water partition coefficient (Wildman–Crippen LogP) is 4.36. The van der Waals surface area contributed by atoms with Crippen molar-refractivity contribution in [2.24, 2.45) is 20.5 Å². The fourth-order valence-corrected chi connectivity index (χ4v) is 7.95. The van der Waals surface area contributed by atoms with Crippen LogP contribution in [0, 0.1) is 0 Å². The Morgan fingerprint density at radius 2 is 1.30 bits per heavy atom. The van der Waals surface area contributed by atoms with Gasteiger partial charge in [0.1, 0.15) is 27.7 Å². The Morgan fingerprint density at radius 1 is 0.755 bits per heavy atom. The summed E-state index contributed by atoms with van der Waals surface area (Å²) in [4.78, 5) is -0.431. The van der Waals surface area contributed by atoms with E-state index in [2.05, 4.69) is 41.5 Å². The van der Waals surface area contributed by atoms with Gasteiger partial charge in [-0.1, -0.05) is 0 Å². The molecule has 0 aromatic heterocycles. The number of nitrogen functional groups attached to an aromatic ring is 1. The van der Waals surface area contributed by atoms with Gasteiger partial charge in [0.2, 0.25) is 0 Å². The SMILES string of the molecule is COc1ccc(S(=O)CCOS(=O)(=O)O)cc1N=Nc1c(S)cc2cc(S(=O)(=O)O)c(N=Nc3ccc(S(=O)CCOS(=O)(=O)O)cc3)c(N)c2c1O. The molecule has 0 aliphatic carbocycles. The minimum Gasteiger partial charge on any atom is -0.505 e. The summed E-state index contributed by atoms with van der Waals surface area (Å²) in [5.41, 5.74) is 5.09. The van der Waals surface area contributed by atoms with Crippen LogP contribution in [0.25, 0.3) is 10.8 Å². The number of fused-ring (bicyclic) bond motifs is 1. The van der Waals surface area contributed by atoms with Gasteiger partial charge in [-0.15, -0.1) is 28.0 Å². The van der Waals surface area contributed by atoms with Gasteiger partial charge in [0.25, 0.3) is 10.1 Å². The van der Waals surface area contributed by atoms with Gasteiger partial charge in [-0.05, 0) is 60.0 Å². The van der Waals surface area contributed by atoms with Crippen LogP contribution >= 0.6 is 12.6 Å². The van der Waals surface area contributed by atoms with E-state index < -0.39 is 87.7 Å². The molecule has 4 aromatic rings. The maximum atomic E-state index is 12.7. The van der Waals surface area contributed by atoms with Crippen molar-refractivity contribution in [3.05, 3.63) is 54.6 Å². The number of thiol groups is 1. The number of hydrogen-bond donors (Lipinski definition) is 6. The van der Waals surface area contributed by atoms with E-state index >= 15 is 0 Å². The molecule has 4 aromatic carbocycles. The molecule has 0 amide bonds. The van der Waals surface area contributed by atoms with Crippen LogP contribution in [0.15, 0.2) is 94.6 Å². The minimum atomic E-state index is -4.99. The summed E-state index contributed by atoms with van der Waals surface area (Å²) >= 11 is 4.32. The quantitative estimate of drug-likeness (QED) is 0.0395. The van der Waals surface area contributed by atoms with E-state index in [9.17, 15) is 43.3 Å². The Bertz CT molecular complexity index is 2500. The number of nitrogens with two attached hydrogens (primary N) is 1. The average molecular weight is 854 g/mol. The molecule has 0 aliphatic heterocycles. The molecule has 2 unspecified atom stereocenters. The Kier molecular flexibility index (Phi) is 13.4. The molecule has 4 rings (SSSR count). The first-order valence-corrected chi connectivity index (χ1v) is 21.3. The average Bonchev–Trinajstić information content (AvgIpc) is 3.05. The molecule has 0 saturated carbocycles. The highest BCUT2D eigenvalue weighted by molar-refractivity contribution is 7.86. The summed E-state index contributed by atoms with van der Waals surface area (Å²) in [6, 6.07) is 11.7. The van der Waals surface area contributed by atoms with Crippen LogP contribution in [-0.2, 0) is 60.9 Å². The number of ether oxygens (including phenoxy) is 1. The molecular formula is C27H27N5O15S6. The molecule has 6 N–H and O–H groups in total. The monoisotopic (exact) mass is 853 g/mol. The first kappa shape index (κ1) is 41.8. The third kappa shape index (κ3) is 11.3. The van der Waals surface area contributed by atoms with Gasteiger partial charge in [-0.3, -0.25) is 22.1 Å². The summed E-state index contributed by atoms with van der Waals surface area (Å²) in [6.07, 6.45) is 0. The number of anilines is 1. The Balaban J connectivity index is 1.70. The van der Waals surface area contributed by atoms with Crippen LogP contribution in [0.4, 0.5) is 28.4 Å². The van der Waals surface area contributed by atoms with Crippen LogP contribution in [0.1, 0.15) is 0 Å². The van der Waals surface area contributed by atoms with Crippen molar-refractivity contribution in [1.82, 2.24) is 0 Å². The Labute approximate surface area is 312 Å². The van der Waals surface area contributed by atoms with Gasteiger partial charge in [0, 0.05) is 14.7 Å². The Hall–Kier alpha value is -3.96. The van der Waals surface area contributed by atoms with Gasteiger partial charge in [0.15, 0.2) is 5.75 Å². The highest BCUT2D eigenvalue weighted by Gasteiger charge is 2.25. The number of benzene rings is 4. The zero-order valence-electron chi connectivity index (χ0n) is 26.7. The largest absolute Gasteiger partial charge is 0.505 e. The number of methoxy groups -OCH3 is 1. The first-order valence-electron chi connectivity index (χ1n) is 14.1. The summed E-state index contributed by atoms with van der Waals surface area (Å²) in [5, 5.41) is 27.1. The third-order valence-corrected chi connectivity index (χ3v) is 11.4. The third-order valence-electron chi connectivity index (χ3n) is 6.64. The molecule has 0 saturated heterocycles. The number of aromatic hydroxyl groups is 1. The number of phenolic OH excluding ortho intramolecular Hbond substituents is 1. The second-order valence-electron chi connectivity index (χ2n) is 10.1. The van der Waals surface area contributed by atoms with Gasteiger partial charge < -0.3 is 15.6 Å². The van der Waals surface area contributed by atoms with Crippen molar-refractivity contribution >= 4 is 104 Å². The van der Waals surface area contributed by atoms with Crippen molar-refractivity contribution in [2.45, 2.75) is 19.6 Å². The highest BCUT2D eigenvalue weighted by Crippen LogP contribution is 2.48. The number of rotatable bonds is 16. The second kappa shape index (κ2) is 17.0. The van der Waals surface area contributed by atoms with E-state index in [0.29, 0.717) is 0 Å². The van der Waals surface area contributed by atoms with Crippen LogP contribution < -0.4 is 10.5 Å². The van der Waals surface area contributed by atoms with Crippen molar-refractivity contribution in [2.75, 3.05) is 37.6 Å². The van der Waals surface area contributed by atoms with E-state index in [4.69, 9.17) is 19.6 Å². The first-order chi connectivity index (χ1) is 24.7. The summed E-state index contributed by atoms with van der Waals surface area (Å²) < 4.78 is 134. The highest BCUT2D eigenvalue weighted by atomic mass is 32.3. The molecule has 0 aliphatic rings. The standard InChI is InChI=1S/C27H27N5O15S6/c1-45-20-7-6-18(50(35)11-9-47-53(42,43)44)14-19(20)30-31-25-21(48)12-15-13-22(51(36,37)38)26(24(28)23(15)27(25)33)32-29-16-2-4-17(5-3-16)49(34)10-8-46-52(39,40)41/h2-7,12-14,33,48H,8-11,28H2,1H3,(H,36,37,38)(H,39,40,41)(H,42,43,44). The lowest BCUT2D eigenvalue weighted by Crippen LogP contribution is -2.11. The fourth-order valence-electron chi connectivity index (χ4n) is 4.35. The van der Waals surface area contributed by atoms with Gasteiger partial charge in [-0.2, -0.15) is 30.4 Å². The number of azo groups is 2. The predicted molar refractivity (Wildman–Crippen MR) is 192 cm³/mol. The molecule has 53 heavy (non-hydrogen) atoms. The summed E-state index contributed by atoms with van der Waals surface area (Å²) in [5.74, 6) is -1.08. The van der Waals surface area contributed by atoms with Crippen LogP contribution in [0.3, 0.4) is 0 Å². The van der Waals surface area contributed by atoms with E-state index in [-0.39, 0.29) is 59.8 Å². The molecule has 0 fully saturated rings. The molecule has 0 heterocycles. The molecule has 286 valence electrons. The Morgan fingerprint density at radius 3 is 1.85 bits per heavy atom. The van der Waals surface area contributed by atoms with Crippen LogP contribution in [0.2, 0.25) is 0 Å². The van der Waals surface area contributed by atoms with Gasteiger partial charge in [0.05, 0.1) is 70.2 Å². The molecule has 0 bridgehead atoms. The lowest BCUT2D eigenvalue weighted by molar-refractivity contribution is 0.283. The number of phenols is 1. The summed E-state index contributed by atoms with van der Waals surface area (Å²) in [7, 11) is -16.7. The molecule has 0 spiro atoms. The normalized spacial score (nSPS) is 13.9. The fraction of sp³-hybridized carbons (Fsp3) is 0.185. The maximum absolute atomic E-state index is 12.7. The lowest BCUT2D eigenvalue weighted by Gasteiger charge is -2.13. The molecular weight excluding hydrogens is 827 g/mol. The van der Waals surface area contributed by atoms with Gasteiger partial charge in [-0.25, -0.2) is 8.37 Å². The van der Waals surface area contributed by atoms with E-state index in [1.807, 2.05) is 0 Å². The number of nitrogens with zero attached hydrogens (tertiary/aromatic N) is 4. The van der Waals surface area contributed by atoms with Crippen molar-refractivity contribution in [3.63, 3.8) is 0 Å². The maximum Gasteiger partial charge on any atom is 0.397 e. The van der Waals surface area contributed by atoms with E-state index in [1.165, 1.54) is 55.6 Å². The zero-order valence-corrected chi connectivity index (χ0v) is 31.6. The van der Waals surface area contributed by atoms with Crippen molar-refractivity contribution < 1.29 is 65.5 Å². The van der Waals surface area contributed by atoms with Gasteiger partial charge >= 0.3 is 20.8 Å². The molecule has 26 heteroatoms. The smallest absolute Gasteiger partial charge is 0.397 e. The van der Waals surface area contributed by atoms with Crippen molar-refractivity contribution in [1.29, 1.82) is 0 Å². The summed E-state index contributed by atoms with van der Waals surface area (Å²) in [6.45, 7) is -1.14. The van der Waals surface area contributed by atoms with E-state index in [0.717, 1.165) is 6.07 Å². The van der Waals surface area contributed by atoms with Crippen molar-refractivity contribution in [3.8, 4) is 11.5 Å². The molecule has 0 radical (unpaired) electrons. The minimum absolute atomic E-state index is 0.00625. The van der Waals surface area contributed by atoms with E-state index in [1.54, 1.807) is 0 Å². The second-order valence-corrected chi connectivity index (χ2v) is 17.3. The number of hydrogen-bond acceptors (Lipinski definition) is 18. The van der Waals surface area contributed by atoms with Crippen LogP contribution in [-0.4, -0.2) is 84.3 Å². The topological polar surface area (TPSA) is 321 Å². The molecule has 2 atom stereocenters. The lowest BCUT2D eigenvalue weighted by atomic mass is 10.1. The molecule has 20 nitrogen and oxygen atoms in total. The zero-order chi connectivity index (χ0) is 39.3. The van der Waals surface area contributed by atoms with Crippen LogP contribution in [0.5, 0.6) is 11.5 Å².